The summed E-state index contributed by atoms with van der Waals surface area (Å²) in [5.74, 6) is 0.421. The Balaban J connectivity index is 0.00000242. The fraction of sp³-hybridized carbons (Fsp3) is 0.875. The Kier molecular flexibility index (Phi) is 7.63. The fourth-order valence-electron chi connectivity index (χ4n) is 3.68. The van der Waals surface area contributed by atoms with Gasteiger partial charge in [0, 0.05) is 18.5 Å². The molecule has 5 nitrogen and oxygen atoms in total. The van der Waals surface area contributed by atoms with Crippen LogP contribution in [0.5, 0.6) is 0 Å². The summed E-state index contributed by atoms with van der Waals surface area (Å²) in [7, 11) is 1.37. The van der Waals surface area contributed by atoms with E-state index in [0.717, 1.165) is 12.8 Å². The second-order valence-corrected chi connectivity index (χ2v) is 6.95. The largest absolute Gasteiger partial charge is 0.467 e. The first-order valence-corrected chi connectivity index (χ1v) is 8.11. The molecule has 0 saturated carbocycles. The van der Waals surface area contributed by atoms with E-state index in [1.54, 1.807) is 0 Å². The Bertz CT molecular complexity index is 378. The molecule has 128 valence electrons. The molecule has 3 atom stereocenters. The van der Waals surface area contributed by atoms with Gasteiger partial charge >= 0.3 is 5.97 Å². The van der Waals surface area contributed by atoms with Crippen molar-refractivity contribution >= 4 is 24.3 Å². The monoisotopic (exact) mass is 332 g/mol. The van der Waals surface area contributed by atoms with E-state index in [2.05, 4.69) is 10.6 Å². The van der Waals surface area contributed by atoms with E-state index in [1.807, 2.05) is 13.8 Å². The number of rotatable bonds is 6. The maximum Gasteiger partial charge on any atom is 0.328 e. The zero-order valence-electron chi connectivity index (χ0n) is 13.8. The van der Waals surface area contributed by atoms with E-state index in [4.69, 9.17) is 4.74 Å². The molecule has 2 saturated heterocycles. The van der Waals surface area contributed by atoms with Crippen molar-refractivity contribution in [2.45, 2.75) is 70.5 Å². The summed E-state index contributed by atoms with van der Waals surface area (Å²) >= 11 is 0. The minimum Gasteiger partial charge on any atom is -0.467 e. The highest BCUT2D eigenvalue weighted by Gasteiger charge is 2.34. The normalized spacial score (nSPS) is 27.9. The van der Waals surface area contributed by atoms with Gasteiger partial charge in [0.15, 0.2) is 0 Å². The lowest BCUT2D eigenvalue weighted by molar-refractivity contribution is -0.145. The molecule has 2 bridgehead atoms. The maximum absolute atomic E-state index is 12.2. The fourth-order valence-corrected chi connectivity index (χ4v) is 3.68. The molecule has 0 spiro atoms. The Labute approximate surface area is 139 Å². The third kappa shape index (κ3) is 5.43. The molecule has 22 heavy (non-hydrogen) atoms. The van der Waals surface area contributed by atoms with Crippen molar-refractivity contribution in [2.24, 2.45) is 11.8 Å². The van der Waals surface area contributed by atoms with Crippen LogP contribution >= 0.6 is 12.4 Å². The second-order valence-electron chi connectivity index (χ2n) is 6.95. The summed E-state index contributed by atoms with van der Waals surface area (Å²) in [4.78, 5) is 24.0. The number of esters is 1. The lowest BCUT2D eigenvalue weighted by atomic mass is 9.89. The standard InChI is InChI=1S/C16H28N2O3.ClH/c1-10(2)6-14(16(20)21-3)18-15(19)9-11-7-12-4-5-13(8-11)17-12;/h10-14,17H,4-9H2,1-3H3,(H,18,19);1H. The van der Waals surface area contributed by atoms with Crippen molar-refractivity contribution in [2.75, 3.05) is 7.11 Å². The van der Waals surface area contributed by atoms with Gasteiger partial charge in [-0.15, -0.1) is 12.4 Å². The van der Waals surface area contributed by atoms with Gasteiger partial charge in [0.05, 0.1) is 7.11 Å². The van der Waals surface area contributed by atoms with Crippen molar-refractivity contribution in [1.82, 2.24) is 10.6 Å². The number of nitrogens with one attached hydrogen (secondary N) is 2. The molecule has 0 aliphatic carbocycles. The number of piperidine rings is 1. The molecular formula is C16H29ClN2O3. The van der Waals surface area contributed by atoms with E-state index in [-0.39, 0.29) is 24.3 Å². The summed E-state index contributed by atoms with van der Waals surface area (Å²) in [5.41, 5.74) is 0. The molecule has 3 unspecified atom stereocenters. The van der Waals surface area contributed by atoms with E-state index < -0.39 is 6.04 Å². The molecule has 2 heterocycles. The van der Waals surface area contributed by atoms with Gasteiger partial charge in [0.25, 0.3) is 0 Å². The highest BCUT2D eigenvalue weighted by Crippen LogP contribution is 2.32. The van der Waals surface area contributed by atoms with Crippen LogP contribution in [0.15, 0.2) is 0 Å². The number of halogens is 1. The highest BCUT2D eigenvalue weighted by atomic mass is 35.5. The Morgan fingerprint density at radius 1 is 1.23 bits per heavy atom. The van der Waals surface area contributed by atoms with Crippen LogP contribution in [-0.2, 0) is 14.3 Å². The van der Waals surface area contributed by atoms with Gasteiger partial charge in [-0.2, -0.15) is 0 Å². The van der Waals surface area contributed by atoms with Crippen molar-refractivity contribution in [3.05, 3.63) is 0 Å². The Morgan fingerprint density at radius 2 is 1.82 bits per heavy atom. The molecule has 0 radical (unpaired) electrons. The molecule has 6 heteroatoms. The molecule has 2 N–H and O–H groups in total. The number of carbonyl (C=O) groups is 2. The molecule has 0 aromatic carbocycles. The number of hydrogen-bond donors (Lipinski definition) is 2. The number of carbonyl (C=O) groups excluding carboxylic acids is 2. The van der Waals surface area contributed by atoms with Gasteiger partial charge in [-0.05, 0) is 43.9 Å². The Morgan fingerprint density at radius 3 is 2.32 bits per heavy atom. The van der Waals surface area contributed by atoms with Crippen molar-refractivity contribution in [1.29, 1.82) is 0 Å². The zero-order chi connectivity index (χ0) is 15.4. The van der Waals surface area contributed by atoms with Crippen molar-refractivity contribution < 1.29 is 14.3 Å². The summed E-state index contributed by atoms with van der Waals surface area (Å²) in [6, 6.07) is 0.670. The van der Waals surface area contributed by atoms with E-state index in [1.165, 1.54) is 20.0 Å². The van der Waals surface area contributed by atoms with Crippen molar-refractivity contribution in [3.63, 3.8) is 0 Å². The molecule has 2 fully saturated rings. The van der Waals surface area contributed by atoms with Gasteiger partial charge < -0.3 is 15.4 Å². The maximum atomic E-state index is 12.2. The van der Waals surface area contributed by atoms with Crippen LogP contribution in [0.3, 0.4) is 0 Å². The van der Waals surface area contributed by atoms with Crippen LogP contribution < -0.4 is 10.6 Å². The number of methoxy groups -OCH3 is 1. The molecule has 0 aromatic rings. The topological polar surface area (TPSA) is 67.4 Å². The van der Waals surface area contributed by atoms with Crippen molar-refractivity contribution in [3.8, 4) is 0 Å². The number of ether oxygens (including phenoxy) is 1. The van der Waals surface area contributed by atoms with Crippen LogP contribution in [0.4, 0.5) is 0 Å². The molecule has 1 amide bonds. The van der Waals surface area contributed by atoms with Gasteiger partial charge in [0.1, 0.15) is 6.04 Å². The number of amides is 1. The molecule has 0 aromatic heterocycles. The Hall–Kier alpha value is -0.810. The van der Waals surface area contributed by atoms with Gasteiger partial charge in [-0.1, -0.05) is 13.8 Å². The van der Waals surface area contributed by atoms with Gasteiger partial charge in [-0.25, -0.2) is 4.79 Å². The molecule has 2 aliphatic rings. The van der Waals surface area contributed by atoms with Crippen LogP contribution in [0.2, 0.25) is 0 Å². The van der Waals surface area contributed by atoms with Gasteiger partial charge in [-0.3, -0.25) is 4.79 Å². The molecule has 2 rings (SSSR count). The first-order valence-electron chi connectivity index (χ1n) is 8.11. The first kappa shape index (κ1) is 19.2. The minimum atomic E-state index is -0.513. The van der Waals surface area contributed by atoms with Crippen LogP contribution in [0.25, 0.3) is 0 Å². The lowest BCUT2D eigenvalue weighted by Gasteiger charge is -2.29. The summed E-state index contributed by atoms with van der Waals surface area (Å²) in [6.07, 6.45) is 5.78. The molecular weight excluding hydrogens is 304 g/mol. The summed E-state index contributed by atoms with van der Waals surface area (Å²) in [6.45, 7) is 4.07. The third-order valence-electron chi connectivity index (χ3n) is 4.57. The van der Waals surface area contributed by atoms with Crippen LogP contribution in [0, 0.1) is 11.8 Å². The SMILES string of the molecule is COC(=O)C(CC(C)C)NC(=O)CC1CC2CCC(C1)N2.Cl. The number of fused-ring (bicyclic) bond motifs is 2. The van der Waals surface area contributed by atoms with Gasteiger partial charge in [0.2, 0.25) is 5.91 Å². The average molecular weight is 333 g/mol. The lowest BCUT2D eigenvalue weighted by Crippen LogP contribution is -2.44. The summed E-state index contributed by atoms with van der Waals surface area (Å²) < 4.78 is 4.78. The van der Waals surface area contributed by atoms with E-state index in [9.17, 15) is 9.59 Å². The first-order chi connectivity index (χ1) is 9.97. The average Bonchev–Trinajstić information content (AvgIpc) is 2.75. The quantitative estimate of drug-likeness (QED) is 0.730. The van der Waals surface area contributed by atoms with E-state index in [0.29, 0.717) is 36.8 Å². The number of hydrogen-bond acceptors (Lipinski definition) is 4. The zero-order valence-corrected chi connectivity index (χ0v) is 14.6. The second kappa shape index (κ2) is 8.73. The van der Waals surface area contributed by atoms with E-state index >= 15 is 0 Å². The highest BCUT2D eigenvalue weighted by molar-refractivity contribution is 5.85. The smallest absolute Gasteiger partial charge is 0.328 e. The minimum absolute atomic E-state index is 0. The predicted molar refractivity (Wildman–Crippen MR) is 87.9 cm³/mol. The van der Waals surface area contributed by atoms with Crippen LogP contribution in [0.1, 0.15) is 52.4 Å². The third-order valence-corrected chi connectivity index (χ3v) is 4.57. The predicted octanol–water partition coefficient (Wildman–Crippen LogP) is 2.03. The molecule has 2 aliphatic heterocycles. The summed E-state index contributed by atoms with van der Waals surface area (Å²) in [5, 5.41) is 6.44. The van der Waals surface area contributed by atoms with Crippen LogP contribution in [-0.4, -0.2) is 37.1 Å².